The molecule has 0 aromatic carbocycles. The van der Waals surface area contributed by atoms with E-state index in [0.29, 0.717) is 24.0 Å². The van der Waals surface area contributed by atoms with Gasteiger partial charge in [0.25, 0.3) is 0 Å². The van der Waals surface area contributed by atoms with Crippen molar-refractivity contribution in [1.29, 1.82) is 0 Å². The number of likely N-dealkylation sites (tertiary alicyclic amines) is 1. The lowest BCUT2D eigenvalue weighted by Gasteiger charge is -2.32. The zero-order valence-electron chi connectivity index (χ0n) is 14.8. The van der Waals surface area contributed by atoms with Gasteiger partial charge in [0.2, 0.25) is 17.6 Å². The average Bonchev–Trinajstić information content (AvgIpc) is 3.04. The normalized spacial score (nSPS) is 22.2. The van der Waals surface area contributed by atoms with Crippen molar-refractivity contribution in [3.63, 3.8) is 0 Å². The minimum Gasteiger partial charge on any atom is -0.381 e. The largest absolute Gasteiger partial charge is 0.381 e. The van der Waals surface area contributed by atoms with Crippen molar-refractivity contribution in [3.8, 4) is 11.5 Å². The van der Waals surface area contributed by atoms with Crippen molar-refractivity contribution in [2.45, 2.75) is 38.0 Å². The van der Waals surface area contributed by atoms with Gasteiger partial charge in [-0.2, -0.15) is 4.98 Å². The van der Waals surface area contributed by atoms with Crippen molar-refractivity contribution < 1.29 is 14.1 Å². The molecular formula is C19H24N4O3. The summed E-state index contributed by atoms with van der Waals surface area (Å²) in [5.74, 6) is 1.79. The van der Waals surface area contributed by atoms with Gasteiger partial charge in [0.05, 0.1) is 0 Å². The lowest BCUT2D eigenvalue weighted by atomic mass is 9.93. The number of ether oxygens (including phenoxy) is 1. The molecule has 2 saturated heterocycles. The molecule has 2 aliphatic rings. The lowest BCUT2D eigenvalue weighted by Crippen LogP contribution is -2.41. The van der Waals surface area contributed by atoms with E-state index in [1.807, 2.05) is 23.1 Å². The zero-order chi connectivity index (χ0) is 17.8. The van der Waals surface area contributed by atoms with Crippen LogP contribution in [0, 0.1) is 5.92 Å². The van der Waals surface area contributed by atoms with Gasteiger partial charge in [-0.25, -0.2) is 0 Å². The third-order valence-corrected chi connectivity index (χ3v) is 5.29. The van der Waals surface area contributed by atoms with Crippen LogP contribution in [0.4, 0.5) is 0 Å². The Balaban J connectivity index is 1.35. The van der Waals surface area contributed by atoms with E-state index < -0.39 is 0 Å². The van der Waals surface area contributed by atoms with Gasteiger partial charge in [-0.1, -0.05) is 11.2 Å². The molecule has 1 amide bonds. The summed E-state index contributed by atoms with van der Waals surface area (Å²) in [6.07, 6.45) is 6.20. The number of carbonyl (C=O) groups excluding carboxylic acids is 1. The van der Waals surface area contributed by atoms with E-state index in [1.165, 1.54) is 0 Å². The van der Waals surface area contributed by atoms with Gasteiger partial charge in [0.15, 0.2) is 0 Å². The Morgan fingerprint density at radius 3 is 2.81 bits per heavy atom. The number of rotatable bonds is 3. The molecule has 2 aromatic rings. The van der Waals surface area contributed by atoms with Crippen LogP contribution in [0.15, 0.2) is 28.9 Å². The molecule has 7 nitrogen and oxygen atoms in total. The number of aromatic nitrogens is 3. The van der Waals surface area contributed by atoms with E-state index in [9.17, 15) is 4.79 Å². The fourth-order valence-corrected chi connectivity index (χ4v) is 3.76. The first-order valence-corrected chi connectivity index (χ1v) is 9.43. The maximum atomic E-state index is 12.7. The van der Waals surface area contributed by atoms with E-state index >= 15 is 0 Å². The van der Waals surface area contributed by atoms with Gasteiger partial charge >= 0.3 is 0 Å². The highest BCUT2D eigenvalue weighted by molar-refractivity contribution is 5.79. The van der Waals surface area contributed by atoms with Gasteiger partial charge < -0.3 is 14.2 Å². The first-order chi connectivity index (χ1) is 12.8. The summed E-state index contributed by atoms with van der Waals surface area (Å²) in [4.78, 5) is 23.5. The molecule has 0 bridgehead atoms. The number of carbonyl (C=O) groups is 1. The second-order valence-corrected chi connectivity index (χ2v) is 7.01. The molecule has 2 aliphatic heterocycles. The second-order valence-electron chi connectivity index (χ2n) is 7.01. The Kier molecular flexibility index (Phi) is 5.24. The molecular weight excluding hydrogens is 332 g/mol. The second kappa shape index (κ2) is 7.95. The quantitative estimate of drug-likeness (QED) is 0.841. The van der Waals surface area contributed by atoms with Crippen LogP contribution in [-0.4, -0.2) is 52.2 Å². The van der Waals surface area contributed by atoms with Gasteiger partial charge in [0.1, 0.15) is 5.69 Å². The number of nitrogens with zero attached hydrogens (tertiary/aromatic N) is 4. The van der Waals surface area contributed by atoms with Gasteiger partial charge in [-0.15, -0.1) is 0 Å². The number of hydrogen-bond acceptors (Lipinski definition) is 6. The van der Waals surface area contributed by atoms with E-state index in [2.05, 4.69) is 15.1 Å². The first kappa shape index (κ1) is 17.1. The molecule has 0 radical (unpaired) electrons. The van der Waals surface area contributed by atoms with Crippen LogP contribution >= 0.6 is 0 Å². The SMILES string of the molecule is O=C(C1CCCOCC1)N1CCC(c2nc(-c3ccccn3)no2)CC1. The molecule has 26 heavy (non-hydrogen) atoms. The molecule has 0 spiro atoms. The van der Waals surface area contributed by atoms with Crippen LogP contribution in [0.1, 0.15) is 43.9 Å². The van der Waals surface area contributed by atoms with Gasteiger partial charge in [-0.3, -0.25) is 9.78 Å². The Bertz CT molecular complexity index is 717. The molecule has 0 N–H and O–H groups in total. The summed E-state index contributed by atoms with van der Waals surface area (Å²) >= 11 is 0. The van der Waals surface area contributed by atoms with E-state index in [4.69, 9.17) is 9.26 Å². The van der Waals surface area contributed by atoms with Crippen LogP contribution in [-0.2, 0) is 9.53 Å². The van der Waals surface area contributed by atoms with Gasteiger partial charge in [0, 0.05) is 44.3 Å². The van der Waals surface area contributed by atoms with Crippen molar-refractivity contribution in [3.05, 3.63) is 30.3 Å². The number of piperidine rings is 1. The van der Waals surface area contributed by atoms with Crippen LogP contribution in [0.5, 0.6) is 0 Å². The molecule has 2 fully saturated rings. The Morgan fingerprint density at radius 1 is 1.12 bits per heavy atom. The van der Waals surface area contributed by atoms with Crippen molar-refractivity contribution in [2.75, 3.05) is 26.3 Å². The van der Waals surface area contributed by atoms with Crippen LogP contribution in [0.25, 0.3) is 11.5 Å². The predicted octanol–water partition coefficient (Wildman–Crippen LogP) is 2.65. The van der Waals surface area contributed by atoms with E-state index in [0.717, 1.165) is 51.8 Å². The van der Waals surface area contributed by atoms with Gasteiger partial charge in [-0.05, 0) is 44.2 Å². The predicted molar refractivity (Wildman–Crippen MR) is 94.2 cm³/mol. The lowest BCUT2D eigenvalue weighted by molar-refractivity contribution is -0.137. The minimum absolute atomic E-state index is 0.119. The number of amides is 1. The summed E-state index contributed by atoms with van der Waals surface area (Å²) in [7, 11) is 0. The molecule has 0 aliphatic carbocycles. The number of pyridine rings is 1. The maximum absolute atomic E-state index is 12.7. The summed E-state index contributed by atoms with van der Waals surface area (Å²) < 4.78 is 10.9. The zero-order valence-corrected chi connectivity index (χ0v) is 14.8. The monoisotopic (exact) mass is 356 g/mol. The molecule has 4 heterocycles. The highest BCUT2D eigenvalue weighted by Gasteiger charge is 2.31. The van der Waals surface area contributed by atoms with E-state index in [-0.39, 0.29) is 17.7 Å². The Morgan fingerprint density at radius 2 is 2.00 bits per heavy atom. The minimum atomic E-state index is 0.119. The van der Waals surface area contributed by atoms with Crippen LogP contribution in [0.2, 0.25) is 0 Å². The van der Waals surface area contributed by atoms with E-state index in [1.54, 1.807) is 6.20 Å². The smallest absolute Gasteiger partial charge is 0.230 e. The van der Waals surface area contributed by atoms with Crippen molar-refractivity contribution in [1.82, 2.24) is 20.0 Å². The van der Waals surface area contributed by atoms with Crippen LogP contribution < -0.4 is 0 Å². The molecule has 0 saturated carbocycles. The van der Waals surface area contributed by atoms with Crippen LogP contribution in [0.3, 0.4) is 0 Å². The Labute approximate surface area is 152 Å². The third kappa shape index (κ3) is 3.77. The molecule has 1 unspecified atom stereocenters. The standard InChI is InChI=1S/C19H24N4O3/c24-19(15-4-3-12-25-13-8-15)23-10-6-14(7-11-23)18-21-17(22-26-18)16-5-1-2-9-20-16/h1-2,5,9,14-15H,3-4,6-8,10-13H2. The van der Waals surface area contributed by atoms with Crippen molar-refractivity contribution >= 4 is 5.91 Å². The fourth-order valence-electron chi connectivity index (χ4n) is 3.76. The maximum Gasteiger partial charge on any atom is 0.230 e. The molecule has 2 aromatic heterocycles. The number of hydrogen-bond donors (Lipinski definition) is 0. The highest BCUT2D eigenvalue weighted by atomic mass is 16.5. The van der Waals surface area contributed by atoms with Crippen molar-refractivity contribution in [2.24, 2.45) is 5.92 Å². The fraction of sp³-hybridized carbons (Fsp3) is 0.579. The first-order valence-electron chi connectivity index (χ1n) is 9.43. The highest BCUT2D eigenvalue weighted by Crippen LogP contribution is 2.29. The molecule has 138 valence electrons. The summed E-state index contributed by atoms with van der Waals surface area (Å²) in [5.41, 5.74) is 0.714. The summed E-state index contributed by atoms with van der Waals surface area (Å²) in [6, 6.07) is 5.63. The molecule has 7 heteroatoms. The third-order valence-electron chi connectivity index (χ3n) is 5.29. The molecule has 4 rings (SSSR count). The topological polar surface area (TPSA) is 81.4 Å². The summed E-state index contributed by atoms with van der Waals surface area (Å²) in [6.45, 7) is 2.98. The Hall–Kier alpha value is -2.28. The average molecular weight is 356 g/mol. The molecule has 1 atom stereocenters. The summed E-state index contributed by atoms with van der Waals surface area (Å²) in [5, 5.41) is 4.06.